The van der Waals surface area contributed by atoms with Crippen molar-refractivity contribution in [1.29, 1.82) is 5.26 Å². The van der Waals surface area contributed by atoms with Gasteiger partial charge in [0.2, 0.25) is 11.8 Å². The number of hydrogen-bond acceptors (Lipinski definition) is 7. The normalized spacial score (nSPS) is 18.7. The van der Waals surface area contributed by atoms with Gasteiger partial charge in [-0.05, 0) is 24.4 Å². The molecule has 0 spiro atoms. The highest BCUT2D eigenvalue weighted by atomic mass is 32.2. The molecule has 2 heterocycles. The lowest BCUT2D eigenvalue weighted by Crippen LogP contribution is -2.44. The molecule has 0 saturated carbocycles. The zero-order valence-electron chi connectivity index (χ0n) is 13.8. The quantitative estimate of drug-likeness (QED) is 0.692. The summed E-state index contributed by atoms with van der Waals surface area (Å²) in [6.07, 6.45) is 0.427. The molecular formula is C15H20N4O4S2. The molecule has 2 rings (SSSR count). The van der Waals surface area contributed by atoms with E-state index in [2.05, 4.69) is 10.6 Å². The predicted octanol–water partition coefficient (Wildman–Crippen LogP) is 0.183. The Kier molecular flexibility index (Phi) is 6.52. The second kappa shape index (κ2) is 8.42. The van der Waals surface area contributed by atoms with Crippen LogP contribution in [-0.4, -0.2) is 62.3 Å². The second-order valence-electron chi connectivity index (χ2n) is 5.79. The number of amides is 2. The molecule has 8 nitrogen and oxygen atoms in total. The van der Waals surface area contributed by atoms with E-state index in [1.54, 1.807) is 16.3 Å². The van der Waals surface area contributed by atoms with Crippen LogP contribution in [0.25, 0.3) is 0 Å². The Bertz CT molecular complexity index is 782. The van der Waals surface area contributed by atoms with Gasteiger partial charge in [0.05, 0.1) is 30.2 Å². The van der Waals surface area contributed by atoms with Crippen molar-refractivity contribution in [2.75, 3.05) is 36.5 Å². The maximum absolute atomic E-state index is 12.1. The molecule has 10 heteroatoms. The number of nitrogens with zero attached hydrogens (tertiary/aromatic N) is 2. The fraction of sp³-hybridized carbons (Fsp3) is 0.533. The summed E-state index contributed by atoms with van der Waals surface area (Å²) in [5.41, 5.74) is 0.404. The number of hydrogen-bond donors (Lipinski definition) is 2. The number of likely N-dealkylation sites (N-methyl/N-ethyl adjacent to an activating group) is 1. The Morgan fingerprint density at radius 2 is 2.12 bits per heavy atom. The van der Waals surface area contributed by atoms with Gasteiger partial charge in [0, 0.05) is 6.04 Å². The predicted molar refractivity (Wildman–Crippen MR) is 95.0 cm³/mol. The molecule has 0 aliphatic carbocycles. The molecule has 1 fully saturated rings. The molecule has 1 aliphatic heterocycles. The Morgan fingerprint density at radius 1 is 1.40 bits per heavy atom. The Balaban J connectivity index is 1.82. The first-order valence-corrected chi connectivity index (χ1v) is 10.5. The lowest BCUT2D eigenvalue weighted by molar-refractivity contribution is -0.123. The largest absolute Gasteiger partial charge is 0.351 e. The highest BCUT2D eigenvalue weighted by molar-refractivity contribution is 7.91. The molecule has 136 valence electrons. The standard InChI is InChI=1S/C15H20N4O4S2/c1-2-19(8-13(20)17-12-4-6-25(22,23)10-12)9-14(21)18-15-11(7-16)3-5-24-15/h3,5,12H,2,4,6,8-10H2,1H3,(H,17,20)(H,18,21). The highest BCUT2D eigenvalue weighted by Crippen LogP contribution is 2.21. The van der Waals surface area contributed by atoms with Crippen molar-refractivity contribution in [3.63, 3.8) is 0 Å². The van der Waals surface area contributed by atoms with E-state index in [1.807, 2.05) is 13.0 Å². The minimum atomic E-state index is -3.05. The van der Waals surface area contributed by atoms with Crippen LogP contribution in [0.5, 0.6) is 0 Å². The van der Waals surface area contributed by atoms with Crippen LogP contribution in [-0.2, 0) is 19.4 Å². The molecule has 2 amide bonds. The number of sulfone groups is 1. The van der Waals surface area contributed by atoms with Crippen molar-refractivity contribution in [2.45, 2.75) is 19.4 Å². The van der Waals surface area contributed by atoms with E-state index >= 15 is 0 Å². The zero-order chi connectivity index (χ0) is 18.4. The molecule has 0 aromatic carbocycles. The maximum atomic E-state index is 12.1. The minimum Gasteiger partial charge on any atom is -0.351 e. The lowest BCUT2D eigenvalue weighted by atomic mass is 10.2. The van der Waals surface area contributed by atoms with Gasteiger partial charge in [-0.2, -0.15) is 5.26 Å². The number of thiophene rings is 1. The number of nitriles is 1. The molecule has 1 saturated heterocycles. The van der Waals surface area contributed by atoms with Gasteiger partial charge in [-0.1, -0.05) is 6.92 Å². The van der Waals surface area contributed by atoms with Crippen molar-refractivity contribution in [3.8, 4) is 6.07 Å². The van der Waals surface area contributed by atoms with Crippen LogP contribution in [0.2, 0.25) is 0 Å². The number of carbonyl (C=O) groups is 2. The summed E-state index contributed by atoms with van der Waals surface area (Å²) in [6, 6.07) is 3.27. The minimum absolute atomic E-state index is 0.00958. The Labute approximate surface area is 150 Å². The number of carbonyl (C=O) groups excluding carboxylic acids is 2. The molecule has 0 radical (unpaired) electrons. The third-order valence-corrected chi connectivity index (χ3v) is 6.42. The molecule has 25 heavy (non-hydrogen) atoms. The van der Waals surface area contributed by atoms with Crippen molar-refractivity contribution < 1.29 is 18.0 Å². The Hall–Kier alpha value is -1.96. The van der Waals surface area contributed by atoms with Crippen LogP contribution in [0, 0.1) is 11.3 Å². The number of nitrogens with one attached hydrogen (secondary N) is 2. The molecule has 1 aromatic heterocycles. The molecule has 1 aromatic rings. The van der Waals surface area contributed by atoms with E-state index in [4.69, 9.17) is 5.26 Å². The van der Waals surface area contributed by atoms with E-state index in [1.165, 1.54) is 11.3 Å². The Morgan fingerprint density at radius 3 is 2.72 bits per heavy atom. The summed E-state index contributed by atoms with van der Waals surface area (Å²) in [7, 11) is -3.05. The van der Waals surface area contributed by atoms with Gasteiger partial charge >= 0.3 is 0 Å². The molecule has 1 aliphatic rings. The van der Waals surface area contributed by atoms with Gasteiger partial charge in [-0.15, -0.1) is 11.3 Å². The van der Waals surface area contributed by atoms with Crippen LogP contribution in [0.15, 0.2) is 11.4 Å². The highest BCUT2D eigenvalue weighted by Gasteiger charge is 2.29. The summed E-state index contributed by atoms with van der Waals surface area (Å²) in [4.78, 5) is 25.8. The van der Waals surface area contributed by atoms with Crippen molar-refractivity contribution >= 4 is 38.0 Å². The molecule has 1 unspecified atom stereocenters. The molecule has 0 bridgehead atoms. The van der Waals surface area contributed by atoms with Gasteiger partial charge < -0.3 is 10.6 Å². The first kappa shape index (κ1) is 19.4. The van der Waals surface area contributed by atoms with E-state index in [9.17, 15) is 18.0 Å². The smallest absolute Gasteiger partial charge is 0.239 e. The summed E-state index contributed by atoms with van der Waals surface area (Å²) >= 11 is 1.26. The van der Waals surface area contributed by atoms with Crippen LogP contribution in [0.1, 0.15) is 18.9 Å². The topological polar surface area (TPSA) is 119 Å². The van der Waals surface area contributed by atoms with Crippen LogP contribution in [0.3, 0.4) is 0 Å². The maximum Gasteiger partial charge on any atom is 0.239 e. The van der Waals surface area contributed by atoms with Crippen LogP contribution in [0.4, 0.5) is 5.00 Å². The van der Waals surface area contributed by atoms with E-state index in [0.29, 0.717) is 23.5 Å². The zero-order valence-corrected chi connectivity index (χ0v) is 15.5. The number of rotatable bonds is 7. The monoisotopic (exact) mass is 384 g/mol. The van der Waals surface area contributed by atoms with Crippen LogP contribution < -0.4 is 10.6 Å². The summed E-state index contributed by atoms with van der Waals surface area (Å²) in [5.74, 6) is -0.539. The number of anilines is 1. The second-order valence-corrected chi connectivity index (χ2v) is 8.94. The molecule has 1 atom stereocenters. The van der Waals surface area contributed by atoms with E-state index in [-0.39, 0.29) is 42.5 Å². The van der Waals surface area contributed by atoms with E-state index < -0.39 is 9.84 Å². The molecule has 2 N–H and O–H groups in total. The van der Waals surface area contributed by atoms with Gasteiger partial charge in [-0.3, -0.25) is 14.5 Å². The van der Waals surface area contributed by atoms with Gasteiger partial charge in [-0.25, -0.2) is 8.42 Å². The van der Waals surface area contributed by atoms with Gasteiger partial charge in [0.15, 0.2) is 9.84 Å². The van der Waals surface area contributed by atoms with Crippen molar-refractivity contribution in [2.24, 2.45) is 0 Å². The lowest BCUT2D eigenvalue weighted by Gasteiger charge is -2.20. The summed E-state index contributed by atoms with van der Waals surface area (Å²) in [5, 5.41) is 16.5. The fourth-order valence-electron chi connectivity index (χ4n) is 2.53. The van der Waals surface area contributed by atoms with Crippen LogP contribution >= 0.6 is 11.3 Å². The third kappa shape index (κ3) is 5.81. The third-order valence-electron chi connectivity index (χ3n) is 3.82. The average molecular weight is 384 g/mol. The molecular weight excluding hydrogens is 364 g/mol. The SMILES string of the molecule is CCN(CC(=O)Nc1sccc1C#N)CC(=O)NC1CCS(=O)(=O)C1. The fourth-order valence-corrected chi connectivity index (χ4v) is 4.96. The van der Waals surface area contributed by atoms with Gasteiger partial charge in [0.1, 0.15) is 11.1 Å². The summed E-state index contributed by atoms with van der Waals surface area (Å²) < 4.78 is 22.8. The summed E-state index contributed by atoms with van der Waals surface area (Å²) in [6.45, 7) is 2.33. The average Bonchev–Trinajstić information content (AvgIpc) is 3.12. The van der Waals surface area contributed by atoms with Crippen molar-refractivity contribution in [3.05, 3.63) is 17.0 Å². The van der Waals surface area contributed by atoms with Gasteiger partial charge in [0.25, 0.3) is 0 Å². The first-order valence-electron chi connectivity index (χ1n) is 7.82. The van der Waals surface area contributed by atoms with E-state index in [0.717, 1.165) is 0 Å². The van der Waals surface area contributed by atoms with Crippen molar-refractivity contribution in [1.82, 2.24) is 10.2 Å². The first-order chi connectivity index (χ1) is 11.8.